The van der Waals surface area contributed by atoms with Crippen molar-refractivity contribution >= 4 is 0 Å². The summed E-state index contributed by atoms with van der Waals surface area (Å²) >= 11 is 0. The molecule has 2 nitrogen and oxygen atoms in total. The Hall–Kier alpha value is -0.890. The quantitative estimate of drug-likeness (QED) is 0.772. The van der Waals surface area contributed by atoms with Crippen LogP contribution < -0.4 is 0 Å². The fourth-order valence-corrected chi connectivity index (χ4v) is 1.44. The highest BCUT2D eigenvalue weighted by molar-refractivity contribution is 5.18. The summed E-state index contributed by atoms with van der Waals surface area (Å²) in [5, 5.41) is 0. The fourth-order valence-electron chi connectivity index (χ4n) is 1.44. The van der Waals surface area contributed by atoms with Crippen LogP contribution in [0.4, 0.5) is 0 Å². The molecule has 0 aliphatic rings. The van der Waals surface area contributed by atoms with E-state index in [2.05, 4.69) is 50.0 Å². The molecule has 0 aliphatic carbocycles. The van der Waals surface area contributed by atoms with Crippen LogP contribution >= 0.6 is 0 Å². The van der Waals surface area contributed by atoms with E-state index in [9.17, 15) is 0 Å². The molecular formula is C14H26N2. The highest BCUT2D eigenvalue weighted by atomic mass is 15.0. The summed E-state index contributed by atoms with van der Waals surface area (Å²) in [4.78, 5) is 6.58. The maximum Gasteiger partial charge on any atom is 0.0434 e. The average molecular weight is 222 g/mol. The second-order valence-corrected chi connectivity index (χ2v) is 4.14. The average Bonchev–Trinajstić information content (AvgIpc) is 2.30. The Kier molecular flexibility index (Phi) is 7.82. The van der Waals surface area contributed by atoms with E-state index in [-0.39, 0.29) is 0 Å². The van der Waals surface area contributed by atoms with E-state index >= 15 is 0 Å². The first kappa shape index (κ1) is 15.1. The lowest BCUT2D eigenvalue weighted by Crippen LogP contribution is -2.11. The van der Waals surface area contributed by atoms with Gasteiger partial charge in [0.2, 0.25) is 0 Å². The van der Waals surface area contributed by atoms with Gasteiger partial charge in [-0.2, -0.15) is 0 Å². The summed E-state index contributed by atoms with van der Waals surface area (Å²) in [6.07, 6.45) is 3.07. The van der Waals surface area contributed by atoms with E-state index in [4.69, 9.17) is 0 Å². The van der Waals surface area contributed by atoms with Crippen molar-refractivity contribution in [3.63, 3.8) is 0 Å². The summed E-state index contributed by atoms with van der Waals surface area (Å²) in [6, 6.07) is 4.31. The predicted octanol–water partition coefficient (Wildman–Crippen LogP) is 3.68. The van der Waals surface area contributed by atoms with Gasteiger partial charge in [-0.05, 0) is 44.1 Å². The minimum Gasteiger partial charge on any atom is -0.305 e. The Morgan fingerprint density at radius 2 is 1.94 bits per heavy atom. The first-order valence-electron chi connectivity index (χ1n) is 6.23. The van der Waals surface area contributed by atoms with Gasteiger partial charge >= 0.3 is 0 Å². The first-order chi connectivity index (χ1) is 7.63. The number of hydrogen-bond acceptors (Lipinski definition) is 2. The molecule has 0 aliphatic heterocycles. The van der Waals surface area contributed by atoms with Crippen molar-refractivity contribution in [2.45, 2.75) is 46.6 Å². The van der Waals surface area contributed by atoms with Crippen LogP contribution in [-0.4, -0.2) is 24.0 Å². The predicted molar refractivity (Wildman–Crippen MR) is 71.7 cm³/mol. The molecule has 0 amide bonds. The summed E-state index contributed by atoms with van der Waals surface area (Å²) in [6.45, 7) is 9.42. The zero-order chi connectivity index (χ0) is 12.6. The molecule has 0 aromatic carbocycles. The second kappa shape index (κ2) is 8.28. The Morgan fingerprint density at radius 1 is 1.31 bits per heavy atom. The highest BCUT2D eigenvalue weighted by Crippen LogP contribution is 2.17. The van der Waals surface area contributed by atoms with Crippen LogP contribution in [0.15, 0.2) is 18.3 Å². The van der Waals surface area contributed by atoms with Crippen molar-refractivity contribution in [3.8, 4) is 0 Å². The Balaban J connectivity index is 0.00000106. The van der Waals surface area contributed by atoms with Crippen LogP contribution in [0.2, 0.25) is 0 Å². The SMILES string of the molecule is CC.CCC(C)c1cc(CN(C)C)ccn1. The summed E-state index contributed by atoms with van der Waals surface area (Å²) in [7, 11) is 4.17. The lowest BCUT2D eigenvalue weighted by Gasteiger charge is -2.12. The maximum atomic E-state index is 4.40. The summed E-state index contributed by atoms with van der Waals surface area (Å²) < 4.78 is 0. The zero-order valence-electron chi connectivity index (χ0n) is 11.6. The summed E-state index contributed by atoms with van der Waals surface area (Å²) in [5.74, 6) is 0.567. The number of nitrogens with zero attached hydrogens (tertiary/aromatic N) is 2. The topological polar surface area (TPSA) is 16.1 Å². The molecule has 1 aromatic rings. The Morgan fingerprint density at radius 3 is 2.44 bits per heavy atom. The molecule has 1 atom stereocenters. The molecule has 0 fully saturated rings. The normalized spacial score (nSPS) is 11.9. The second-order valence-electron chi connectivity index (χ2n) is 4.14. The fraction of sp³-hybridized carbons (Fsp3) is 0.643. The Bertz CT molecular complexity index is 282. The molecule has 1 rings (SSSR count). The number of hydrogen-bond donors (Lipinski definition) is 0. The first-order valence-corrected chi connectivity index (χ1v) is 6.23. The van der Waals surface area contributed by atoms with Crippen molar-refractivity contribution in [2.75, 3.05) is 14.1 Å². The van der Waals surface area contributed by atoms with Crippen LogP contribution in [0.1, 0.15) is 51.3 Å². The maximum absolute atomic E-state index is 4.40. The minimum atomic E-state index is 0.567. The van der Waals surface area contributed by atoms with Crippen LogP contribution in [0, 0.1) is 0 Å². The van der Waals surface area contributed by atoms with E-state index in [1.807, 2.05) is 20.0 Å². The molecule has 1 unspecified atom stereocenters. The lowest BCUT2D eigenvalue weighted by atomic mass is 10.0. The smallest absolute Gasteiger partial charge is 0.0434 e. The van der Waals surface area contributed by atoms with Crippen molar-refractivity contribution in [1.82, 2.24) is 9.88 Å². The Labute approximate surface area is 101 Å². The van der Waals surface area contributed by atoms with Crippen molar-refractivity contribution in [1.29, 1.82) is 0 Å². The van der Waals surface area contributed by atoms with Gasteiger partial charge in [0.05, 0.1) is 0 Å². The molecule has 0 spiro atoms. The number of rotatable bonds is 4. The minimum absolute atomic E-state index is 0.567. The van der Waals surface area contributed by atoms with Gasteiger partial charge in [-0.1, -0.05) is 27.7 Å². The molecule has 0 saturated heterocycles. The molecule has 16 heavy (non-hydrogen) atoms. The van der Waals surface area contributed by atoms with Gasteiger partial charge in [0.15, 0.2) is 0 Å². The van der Waals surface area contributed by atoms with Gasteiger partial charge in [-0.15, -0.1) is 0 Å². The van der Waals surface area contributed by atoms with Gasteiger partial charge in [-0.3, -0.25) is 4.98 Å². The van der Waals surface area contributed by atoms with Crippen LogP contribution in [0.25, 0.3) is 0 Å². The third kappa shape index (κ3) is 5.26. The zero-order valence-corrected chi connectivity index (χ0v) is 11.6. The van der Waals surface area contributed by atoms with Crippen molar-refractivity contribution in [2.24, 2.45) is 0 Å². The van der Waals surface area contributed by atoms with Gasteiger partial charge in [0, 0.05) is 18.4 Å². The highest BCUT2D eigenvalue weighted by Gasteiger charge is 2.05. The van der Waals surface area contributed by atoms with Crippen molar-refractivity contribution in [3.05, 3.63) is 29.6 Å². The summed E-state index contributed by atoms with van der Waals surface area (Å²) in [5.41, 5.74) is 2.56. The van der Waals surface area contributed by atoms with Crippen LogP contribution in [-0.2, 0) is 6.54 Å². The van der Waals surface area contributed by atoms with Gasteiger partial charge in [-0.25, -0.2) is 0 Å². The van der Waals surface area contributed by atoms with Gasteiger partial charge < -0.3 is 4.90 Å². The van der Waals surface area contributed by atoms with E-state index < -0.39 is 0 Å². The van der Waals surface area contributed by atoms with E-state index in [1.165, 1.54) is 11.3 Å². The van der Waals surface area contributed by atoms with E-state index in [0.717, 1.165) is 13.0 Å². The largest absolute Gasteiger partial charge is 0.305 e. The molecule has 92 valence electrons. The molecular weight excluding hydrogens is 196 g/mol. The number of pyridine rings is 1. The van der Waals surface area contributed by atoms with Crippen LogP contribution in [0.3, 0.4) is 0 Å². The third-order valence-corrected chi connectivity index (χ3v) is 2.46. The molecule has 1 aromatic heterocycles. The van der Waals surface area contributed by atoms with E-state index in [0.29, 0.717) is 5.92 Å². The van der Waals surface area contributed by atoms with Crippen molar-refractivity contribution < 1.29 is 0 Å². The molecule has 0 radical (unpaired) electrons. The molecule has 0 N–H and O–H groups in total. The standard InChI is InChI=1S/C12H20N2.C2H6/c1-5-10(2)12-8-11(6-7-13-12)9-14(3)4;1-2/h6-8,10H,5,9H2,1-4H3;1-2H3. The molecule has 2 heteroatoms. The third-order valence-electron chi connectivity index (χ3n) is 2.46. The van der Waals surface area contributed by atoms with E-state index in [1.54, 1.807) is 0 Å². The van der Waals surface area contributed by atoms with Gasteiger partial charge in [0.25, 0.3) is 0 Å². The lowest BCUT2D eigenvalue weighted by molar-refractivity contribution is 0.402. The van der Waals surface area contributed by atoms with Gasteiger partial charge in [0.1, 0.15) is 0 Å². The molecule has 0 bridgehead atoms. The number of aromatic nitrogens is 1. The monoisotopic (exact) mass is 222 g/mol. The molecule has 0 saturated carbocycles. The molecule has 1 heterocycles. The van der Waals surface area contributed by atoms with Crippen LogP contribution in [0.5, 0.6) is 0 Å².